The summed E-state index contributed by atoms with van der Waals surface area (Å²) in [5, 5.41) is 1.95. The van der Waals surface area contributed by atoms with Gasteiger partial charge in [-0.25, -0.2) is 4.85 Å². The Bertz CT molecular complexity index is 813. The molecule has 0 N–H and O–H groups in total. The lowest BCUT2D eigenvalue weighted by molar-refractivity contribution is 0.587. The number of rotatable bonds is 0. The number of fused-ring (bicyclic) bond motifs is 3. The predicted molar refractivity (Wildman–Crippen MR) is 78.7 cm³/mol. The Balaban J connectivity index is 2.40. The highest BCUT2D eigenvalue weighted by Crippen LogP contribution is 2.37. The third kappa shape index (κ3) is 1.79. The Morgan fingerprint density at radius 1 is 1.05 bits per heavy atom. The van der Waals surface area contributed by atoms with Crippen molar-refractivity contribution in [1.82, 2.24) is 0 Å². The first-order valence-electron chi connectivity index (χ1n) is 6.34. The zero-order valence-electron chi connectivity index (χ0n) is 11.3. The van der Waals surface area contributed by atoms with Crippen LogP contribution < -0.4 is 0 Å². The Morgan fingerprint density at radius 2 is 1.84 bits per heavy atom. The zero-order chi connectivity index (χ0) is 13.6. The maximum atomic E-state index is 7.26. The van der Waals surface area contributed by atoms with E-state index in [4.69, 9.17) is 11.0 Å². The molecule has 0 aliphatic heterocycles. The molecular weight excluding hydrogens is 234 g/mol. The van der Waals surface area contributed by atoms with Gasteiger partial charge in [-0.3, -0.25) is 0 Å². The Morgan fingerprint density at radius 3 is 2.53 bits per heavy atom. The van der Waals surface area contributed by atoms with Gasteiger partial charge in [-0.2, -0.15) is 0 Å². The topological polar surface area (TPSA) is 17.5 Å². The normalized spacial score (nSPS) is 11.9. The van der Waals surface area contributed by atoms with Gasteiger partial charge >= 0.3 is 0 Å². The quantitative estimate of drug-likeness (QED) is 0.485. The van der Waals surface area contributed by atoms with E-state index in [0.717, 1.165) is 21.9 Å². The highest BCUT2D eigenvalue weighted by molar-refractivity contribution is 6.11. The molecule has 3 aromatic rings. The summed E-state index contributed by atoms with van der Waals surface area (Å²) in [6.07, 6.45) is 0. The minimum atomic E-state index is 0.0930. The van der Waals surface area contributed by atoms with Crippen molar-refractivity contribution in [3.63, 3.8) is 0 Å². The summed E-state index contributed by atoms with van der Waals surface area (Å²) in [7, 11) is 0. The molecule has 94 valence electrons. The summed E-state index contributed by atoms with van der Waals surface area (Å²) >= 11 is 0. The van der Waals surface area contributed by atoms with Crippen molar-refractivity contribution in [2.45, 2.75) is 26.2 Å². The van der Waals surface area contributed by atoms with E-state index >= 15 is 0 Å². The van der Waals surface area contributed by atoms with Crippen molar-refractivity contribution in [2.75, 3.05) is 0 Å². The molecule has 0 aliphatic carbocycles. The average Bonchev–Trinajstić information content (AvgIpc) is 2.74. The van der Waals surface area contributed by atoms with Crippen LogP contribution in [0.2, 0.25) is 0 Å². The molecule has 0 unspecified atom stereocenters. The van der Waals surface area contributed by atoms with Crippen LogP contribution in [0, 0.1) is 6.57 Å². The molecule has 19 heavy (non-hydrogen) atoms. The number of hydrogen-bond acceptors (Lipinski definition) is 1. The monoisotopic (exact) mass is 249 g/mol. The number of hydrogen-bond donors (Lipinski definition) is 0. The van der Waals surface area contributed by atoms with Crippen LogP contribution in [0.4, 0.5) is 5.69 Å². The molecule has 0 radical (unpaired) electrons. The van der Waals surface area contributed by atoms with Crippen LogP contribution in [0.25, 0.3) is 26.8 Å². The molecule has 1 heterocycles. The molecule has 1 aromatic heterocycles. The van der Waals surface area contributed by atoms with Crippen molar-refractivity contribution >= 4 is 27.6 Å². The lowest BCUT2D eigenvalue weighted by atomic mass is 9.86. The van der Waals surface area contributed by atoms with Crippen molar-refractivity contribution in [1.29, 1.82) is 0 Å². The first-order valence-corrected chi connectivity index (χ1v) is 6.34. The van der Waals surface area contributed by atoms with Crippen LogP contribution in [0.15, 0.2) is 40.8 Å². The molecule has 0 amide bonds. The number of benzene rings is 2. The van der Waals surface area contributed by atoms with E-state index < -0.39 is 0 Å². The van der Waals surface area contributed by atoms with Gasteiger partial charge in [0.25, 0.3) is 0 Å². The second-order valence-electron chi connectivity index (χ2n) is 5.83. The van der Waals surface area contributed by atoms with Crippen LogP contribution in [-0.2, 0) is 5.41 Å². The smallest absolute Gasteiger partial charge is 0.198 e. The van der Waals surface area contributed by atoms with E-state index in [2.05, 4.69) is 43.8 Å². The average molecular weight is 249 g/mol. The summed E-state index contributed by atoms with van der Waals surface area (Å²) in [6, 6.07) is 11.9. The van der Waals surface area contributed by atoms with Crippen LogP contribution in [0.1, 0.15) is 26.3 Å². The molecule has 0 saturated heterocycles. The van der Waals surface area contributed by atoms with Crippen LogP contribution in [0.3, 0.4) is 0 Å². The van der Waals surface area contributed by atoms with Gasteiger partial charge in [0.1, 0.15) is 11.2 Å². The van der Waals surface area contributed by atoms with Crippen molar-refractivity contribution in [3.05, 3.63) is 53.4 Å². The van der Waals surface area contributed by atoms with E-state index in [1.54, 1.807) is 0 Å². The highest BCUT2D eigenvalue weighted by Gasteiger charge is 2.17. The summed E-state index contributed by atoms with van der Waals surface area (Å²) in [5.74, 6) is 0. The second kappa shape index (κ2) is 3.86. The molecule has 3 rings (SSSR count). The first-order chi connectivity index (χ1) is 9.00. The fourth-order valence-electron chi connectivity index (χ4n) is 2.37. The van der Waals surface area contributed by atoms with Gasteiger partial charge in [-0.1, -0.05) is 45.0 Å². The lowest BCUT2D eigenvalue weighted by Crippen LogP contribution is -2.10. The highest BCUT2D eigenvalue weighted by atomic mass is 16.3. The predicted octanol–water partition coefficient (Wildman–Crippen LogP) is 5.43. The minimum Gasteiger partial charge on any atom is -0.457 e. The maximum absolute atomic E-state index is 7.26. The van der Waals surface area contributed by atoms with E-state index in [0.29, 0.717) is 5.69 Å². The minimum absolute atomic E-state index is 0.0930. The van der Waals surface area contributed by atoms with E-state index in [9.17, 15) is 0 Å². The summed E-state index contributed by atoms with van der Waals surface area (Å²) in [6.45, 7) is 13.8. The summed E-state index contributed by atoms with van der Waals surface area (Å²) in [5.41, 5.74) is 3.63. The fourth-order valence-corrected chi connectivity index (χ4v) is 2.37. The molecule has 2 aromatic carbocycles. The van der Waals surface area contributed by atoms with Crippen molar-refractivity contribution in [2.24, 2.45) is 0 Å². The van der Waals surface area contributed by atoms with Gasteiger partial charge in [0.05, 0.1) is 6.57 Å². The standard InChI is InChI=1S/C17H15NO/c1-17(2,3)11-8-9-12-15(10-11)19-14-7-5-6-13(18-4)16(12)14/h5-10H,1-3H3. The molecule has 2 nitrogen and oxygen atoms in total. The molecule has 0 atom stereocenters. The molecule has 0 bridgehead atoms. The molecular formula is C17H15NO. The zero-order valence-corrected chi connectivity index (χ0v) is 11.3. The largest absolute Gasteiger partial charge is 0.457 e. The maximum Gasteiger partial charge on any atom is 0.198 e. The van der Waals surface area contributed by atoms with E-state index in [1.807, 2.05) is 18.2 Å². The Kier molecular flexibility index (Phi) is 2.40. The van der Waals surface area contributed by atoms with Gasteiger partial charge in [0.15, 0.2) is 5.69 Å². The third-order valence-electron chi connectivity index (χ3n) is 3.46. The summed E-state index contributed by atoms with van der Waals surface area (Å²) < 4.78 is 5.89. The fraction of sp³-hybridized carbons (Fsp3) is 0.235. The molecule has 0 aliphatic rings. The third-order valence-corrected chi connectivity index (χ3v) is 3.46. The number of nitrogens with zero attached hydrogens (tertiary/aromatic N) is 1. The molecule has 0 saturated carbocycles. The SMILES string of the molecule is [C-]#[N+]c1cccc2oc3cc(C(C)(C)C)ccc3c12. The molecule has 0 fully saturated rings. The molecule has 2 heteroatoms. The van der Waals surface area contributed by atoms with Crippen LogP contribution in [0.5, 0.6) is 0 Å². The van der Waals surface area contributed by atoms with E-state index in [1.165, 1.54) is 5.56 Å². The lowest BCUT2D eigenvalue weighted by Gasteiger charge is -2.18. The van der Waals surface area contributed by atoms with Gasteiger partial charge in [-0.15, -0.1) is 0 Å². The van der Waals surface area contributed by atoms with Gasteiger partial charge < -0.3 is 4.42 Å². The Labute approximate surface area is 112 Å². The first kappa shape index (κ1) is 11.8. The second-order valence-corrected chi connectivity index (χ2v) is 5.83. The van der Waals surface area contributed by atoms with Crippen molar-refractivity contribution in [3.8, 4) is 0 Å². The van der Waals surface area contributed by atoms with E-state index in [-0.39, 0.29) is 5.41 Å². The van der Waals surface area contributed by atoms with Crippen LogP contribution >= 0.6 is 0 Å². The number of furan rings is 1. The van der Waals surface area contributed by atoms with Gasteiger partial charge in [0, 0.05) is 10.8 Å². The Hall–Kier alpha value is -2.27. The van der Waals surface area contributed by atoms with Gasteiger partial charge in [-0.05, 0) is 23.1 Å². The van der Waals surface area contributed by atoms with Crippen LogP contribution in [-0.4, -0.2) is 0 Å². The van der Waals surface area contributed by atoms with Gasteiger partial charge in [0.2, 0.25) is 0 Å². The van der Waals surface area contributed by atoms with Crippen molar-refractivity contribution < 1.29 is 4.42 Å². The molecule has 0 spiro atoms. The summed E-state index contributed by atoms with van der Waals surface area (Å²) in [4.78, 5) is 3.58.